The highest BCUT2D eigenvalue weighted by Gasteiger charge is 2.19. The standard InChI is InChI=1S/C21H24N2O4/c24-20(10-8-15-7-9-18-19(12-15)26-14-25-18)23-13-16-4-3-11-22-21(16)27-17-5-1-2-6-17/h3-4,7,9,11-12,17H,1-2,5-6,8,10,13-14H2,(H,23,24). The summed E-state index contributed by atoms with van der Waals surface area (Å²) >= 11 is 0. The van der Waals surface area contributed by atoms with Crippen LogP contribution >= 0.6 is 0 Å². The summed E-state index contributed by atoms with van der Waals surface area (Å²) in [5.41, 5.74) is 1.97. The summed E-state index contributed by atoms with van der Waals surface area (Å²) in [4.78, 5) is 16.6. The van der Waals surface area contributed by atoms with Crippen molar-refractivity contribution in [1.29, 1.82) is 0 Å². The SMILES string of the molecule is O=C(CCc1ccc2c(c1)OCO2)NCc1cccnc1OC1CCCC1. The number of nitrogens with one attached hydrogen (secondary N) is 1. The van der Waals surface area contributed by atoms with Crippen molar-refractivity contribution in [3.63, 3.8) is 0 Å². The van der Waals surface area contributed by atoms with Gasteiger partial charge in [-0.05, 0) is 55.9 Å². The molecule has 1 amide bonds. The van der Waals surface area contributed by atoms with Gasteiger partial charge in [0.1, 0.15) is 6.10 Å². The number of ether oxygens (including phenoxy) is 3. The number of pyridine rings is 1. The lowest BCUT2D eigenvalue weighted by Crippen LogP contribution is -2.24. The molecule has 1 aromatic carbocycles. The zero-order chi connectivity index (χ0) is 18.5. The minimum absolute atomic E-state index is 0.00309. The number of rotatable bonds is 7. The molecule has 2 aromatic rings. The van der Waals surface area contributed by atoms with E-state index in [0.717, 1.165) is 35.5 Å². The van der Waals surface area contributed by atoms with Crippen molar-refractivity contribution in [2.75, 3.05) is 6.79 Å². The summed E-state index contributed by atoms with van der Waals surface area (Å²) in [6, 6.07) is 9.61. The molecule has 6 nitrogen and oxygen atoms in total. The number of benzene rings is 1. The normalized spacial score (nSPS) is 15.7. The molecular formula is C21H24N2O4. The van der Waals surface area contributed by atoms with Gasteiger partial charge in [-0.2, -0.15) is 0 Å². The number of aromatic nitrogens is 1. The average molecular weight is 368 g/mol. The van der Waals surface area contributed by atoms with E-state index >= 15 is 0 Å². The molecule has 0 bridgehead atoms. The fourth-order valence-corrected chi connectivity index (χ4v) is 3.47. The van der Waals surface area contributed by atoms with Crippen LogP contribution in [0.15, 0.2) is 36.5 Å². The van der Waals surface area contributed by atoms with Crippen molar-refractivity contribution < 1.29 is 19.0 Å². The first-order valence-corrected chi connectivity index (χ1v) is 9.54. The molecule has 6 heteroatoms. The lowest BCUT2D eigenvalue weighted by Gasteiger charge is -2.15. The van der Waals surface area contributed by atoms with Crippen LogP contribution in [0.25, 0.3) is 0 Å². The predicted molar refractivity (Wildman–Crippen MR) is 99.9 cm³/mol. The molecule has 0 saturated heterocycles. The van der Waals surface area contributed by atoms with Crippen LogP contribution in [0.3, 0.4) is 0 Å². The Morgan fingerprint density at radius 3 is 2.93 bits per heavy atom. The van der Waals surface area contributed by atoms with Gasteiger partial charge in [-0.3, -0.25) is 4.79 Å². The predicted octanol–water partition coefficient (Wildman–Crippen LogP) is 3.38. The molecule has 2 heterocycles. The maximum absolute atomic E-state index is 12.3. The maximum Gasteiger partial charge on any atom is 0.231 e. The highest BCUT2D eigenvalue weighted by atomic mass is 16.7. The van der Waals surface area contributed by atoms with E-state index in [1.54, 1.807) is 6.20 Å². The van der Waals surface area contributed by atoms with Crippen LogP contribution in [0.1, 0.15) is 43.2 Å². The van der Waals surface area contributed by atoms with E-state index in [0.29, 0.717) is 25.3 Å². The van der Waals surface area contributed by atoms with E-state index < -0.39 is 0 Å². The Hall–Kier alpha value is -2.76. The molecule has 27 heavy (non-hydrogen) atoms. The number of amides is 1. The molecule has 4 rings (SSSR count). The molecule has 1 N–H and O–H groups in total. The van der Waals surface area contributed by atoms with Gasteiger partial charge in [-0.25, -0.2) is 4.98 Å². The molecule has 1 aliphatic carbocycles. The van der Waals surface area contributed by atoms with Gasteiger partial charge in [-0.1, -0.05) is 12.1 Å². The molecule has 0 spiro atoms. The van der Waals surface area contributed by atoms with Crippen molar-refractivity contribution in [3.8, 4) is 17.4 Å². The fourth-order valence-electron chi connectivity index (χ4n) is 3.47. The first kappa shape index (κ1) is 17.6. The smallest absolute Gasteiger partial charge is 0.231 e. The highest BCUT2D eigenvalue weighted by molar-refractivity contribution is 5.76. The minimum Gasteiger partial charge on any atom is -0.474 e. The van der Waals surface area contributed by atoms with Crippen LogP contribution in [0.2, 0.25) is 0 Å². The molecule has 1 aliphatic heterocycles. The van der Waals surface area contributed by atoms with Crippen LogP contribution in [0, 0.1) is 0 Å². The summed E-state index contributed by atoms with van der Waals surface area (Å²) in [6.45, 7) is 0.686. The van der Waals surface area contributed by atoms with Gasteiger partial charge in [0, 0.05) is 24.7 Å². The Labute approximate surface area is 158 Å². The second kappa shape index (κ2) is 8.29. The first-order chi connectivity index (χ1) is 13.3. The van der Waals surface area contributed by atoms with Gasteiger partial charge >= 0.3 is 0 Å². The van der Waals surface area contributed by atoms with E-state index in [4.69, 9.17) is 14.2 Å². The highest BCUT2D eigenvalue weighted by Crippen LogP contribution is 2.32. The summed E-state index contributed by atoms with van der Waals surface area (Å²) in [5.74, 6) is 2.15. The van der Waals surface area contributed by atoms with Gasteiger partial charge < -0.3 is 19.5 Å². The minimum atomic E-state index is 0.00309. The van der Waals surface area contributed by atoms with Crippen molar-refractivity contribution in [2.24, 2.45) is 0 Å². The van der Waals surface area contributed by atoms with Crippen LogP contribution in [-0.2, 0) is 17.8 Å². The molecule has 1 fully saturated rings. The van der Waals surface area contributed by atoms with Crippen molar-refractivity contribution in [2.45, 2.75) is 51.2 Å². The average Bonchev–Trinajstić information content (AvgIpc) is 3.37. The number of hydrogen-bond donors (Lipinski definition) is 1. The zero-order valence-electron chi connectivity index (χ0n) is 15.3. The van der Waals surface area contributed by atoms with Gasteiger partial charge in [0.2, 0.25) is 18.6 Å². The number of aryl methyl sites for hydroxylation is 1. The number of fused-ring (bicyclic) bond motifs is 1. The Morgan fingerprint density at radius 1 is 1.19 bits per heavy atom. The van der Waals surface area contributed by atoms with Crippen LogP contribution < -0.4 is 19.5 Å². The Kier molecular flexibility index (Phi) is 5.42. The third-order valence-corrected chi connectivity index (χ3v) is 4.98. The van der Waals surface area contributed by atoms with Gasteiger partial charge in [0.15, 0.2) is 11.5 Å². The lowest BCUT2D eigenvalue weighted by molar-refractivity contribution is -0.121. The number of hydrogen-bond acceptors (Lipinski definition) is 5. The first-order valence-electron chi connectivity index (χ1n) is 9.54. The summed E-state index contributed by atoms with van der Waals surface area (Å²) in [6.07, 6.45) is 7.64. The molecule has 1 aromatic heterocycles. The molecule has 142 valence electrons. The third-order valence-electron chi connectivity index (χ3n) is 4.98. The van der Waals surface area contributed by atoms with Crippen molar-refractivity contribution in [1.82, 2.24) is 10.3 Å². The van der Waals surface area contributed by atoms with E-state index in [1.807, 2.05) is 30.3 Å². The Bertz CT molecular complexity index is 803. The van der Waals surface area contributed by atoms with E-state index in [9.17, 15) is 4.79 Å². The molecule has 0 unspecified atom stereocenters. The quantitative estimate of drug-likeness (QED) is 0.811. The van der Waals surface area contributed by atoms with Crippen LogP contribution in [0.4, 0.5) is 0 Å². The zero-order valence-corrected chi connectivity index (χ0v) is 15.3. The molecule has 0 atom stereocenters. The third kappa shape index (κ3) is 4.51. The lowest BCUT2D eigenvalue weighted by atomic mass is 10.1. The fraction of sp³-hybridized carbons (Fsp3) is 0.429. The van der Waals surface area contributed by atoms with Gasteiger partial charge in [0.05, 0.1) is 0 Å². The second-order valence-electron chi connectivity index (χ2n) is 6.96. The Balaban J connectivity index is 1.28. The molecule has 1 saturated carbocycles. The van der Waals surface area contributed by atoms with Crippen LogP contribution in [0.5, 0.6) is 17.4 Å². The van der Waals surface area contributed by atoms with Crippen molar-refractivity contribution >= 4 is 5.91 Å². The molecule has 2 aliphatic rings. The monoisotopic (exact) mass is 368 g/mol. The van der Waals surface area contributed by atoms with Crippen molar-refractivity contribution in [3.05, 3.63) is 47.7 Å². The summed E-state index contributed by atoms with van der Waals surface area (Å²) in [7, 11) is 0. The van der Waals surface area contributed by atoms with Crippen LogP contribution in [-0.4, -0.2) is 23.8 Å². The molecular weight excluding hydrogens is 344 g/mol. The topological polar surface area (TPSA) is 69.7 Å². The largest absolute Gasteiger partial charge is 0.474 e. The summed E-state index contributed by atoms with van der Waals surface area (Å²) in [5, 5.41) is 2.97. The van der Waals surface area contributed by atoms with E-state index in [-0.39, 0.29) is 18.8 Å². The Morgan fingerprint density at radius 2 is 2.04 bits per heavy atom. The molecule has 0 radical (unpaired) electrons. The van der Waals surface area contributed by atoms with Gasteiger partial charge in [-0.15, -0.1) is 0 Å². The number of carbonyl (C=O) groups is 1. The summed E-state index contributed by atoms with van der Waals surface area (Å²) < 4.78 is 16.7. The number of carbonyl (C=O) groups excluding carboxylic acids is 1. The second-order valence-corrected chi connectivity index (χ2v) is 6.96. The van der Waals surface area contributed by atoms with E-state index in [2.05, 4.69) is 10.3 Å². The van der Waals surface area contributed by atoms with Gasteiger partial charge in [0.25, 0.3) is 0 Å². The van der Waals surface area contributed by atoms with E-state index in [1.165, 1.54) is 12.8 Å². The maximum atomic E-state index is 12.3. The number of nitrogens with zero attached hydrogens (tertiary/aromatic N) is 1.